The minimum Gasteiger partial charge on any atom is -0.465 e. The molecule has 22 heavy (non-hydrogen) atoms. The van der Waals surface area contributed by atoms with Gasteiger partial charge in [0.15, 0.2) is 0 Å². The maximum absolute atomic E-state index is 12.7. The molecule has 3 heterocycles. The molecule has 0 N–H and O–H groups in total. The molecule has 3 aliphatic rings. The van der Waals surface area contributed by atoms with Crippen LogP contribution in [0.25, 0.3) is 0 Å². The average molecular weight is 299 g/mol. The quantitative estimate of drug-likeness (QED) is 0.461. The zero-order valence-electron chi connectivity index (χ0n) is 11.8. The molecule has 0 unspecified atom stereocenters. The molecule has 2 bridgehead atoms. The number of ether oxygens (including phenoxy) is 2. The van der Waals surface area contributed by atoms with Crippen molar-refractivity contribution in [3.05, 3.63) is 42.0 Å². The molecule has 4 rings (SSSR count). The first-order valence-electron chi connectivity index (χ1n) is 7.02. The number of amides is 2. The van der Waals surface area contributed by atoms with E-state index in [1.54, 1.807) is 24.3 Å². The minimum atomic E-state index is -0.578. The lowest BCUT2D eigenvalue weighted by atomic mass is 9.85. The van der Waals surface area contributed by atoms with Gasteiger partial charge in [0.1, 0.15) is 0 Å². The Labute approximate surface area is 126 Å². The van der Waals surface area contributed by atoms with Crippen LogP contribution in [0.3, 0.4) is 0 Å². The molecule has 2 fully saturated rings. The van der Waals surface area contributed by atoms with E-state index in [0.717, 1.165) is 4.90 Å². The van der Waals surface area contributed by atoms with Gasteiger partial charge in [-0.05, 0) is 12.1 Å². The summed E-state index contributed by atoms with van der Waals surface area (Å²) in [5.41, 5.74) is 0.478. The largest absolute Gasteiger partial charge is 0.465 e. The fourth-order valence-corrected chi connectivity index (χ4v) is 3.49. The van der Waals surface area contributed by atoms with E-state index in [4.69, 9.17) is 9.47 Å². The summed E-state index contributed by atoms with van der Waals surface area (Å²) >= 11 is 0. The Bertz CT molecular complexity index is 695. The number of imide groups is 1. The van der Waals surface area contributed by atoms with Crippen molar-refractivity contribution in [2.45, 2.75) is 12.2 Å². The van der Waals surface area contributed by atoms with Gasteiger partial charge in [-0.3, -0.25) is 9.59 Å². The number of hydrogen-bond donors (Lipinski definition) is 0. The van der Waals surface area contributed by atoms with Gasteiger partial charge in [0.05, 0.1) is 42.4 Å². The number of esters is 1. The van der Waals surface area contributed by atoms with Crippen molar-refractivity contribution in [3.63, 3.8) is 0 Å². The normalized spacial score (nSPS) is 31.8. The summed E-state index contributed by atoms with van der Waals surface area (Å²) in [7, 11) is 1.26. The van der Waals surface area contributed by atoms with Crippen LogP contribution < -0.4 is 4.90 Å². The standard InChI is InChI=1S/C16H13NO5/c1-21-16(20)8-4-2-3-5-9(8)17-14(18)12-10-6-7-11(22-10)13(12)15(17)19/h2-7,10-13H,1H3/t10-,11-,12-,13-/m0/s1. The van der Waals surface area contributed by atoms with E-state index in [0.29, 0.717) is 0 Å². The van der Waals surface area contributed by atoms with Gasteiger partial charge in [0.25, 0.3) is 0 Å². The summed E-state index contributed by atoms with van der Waals surface area (Å²) < 4.78 is 10.3. The zero-order valence-corrected chi connectivity index (χ0v) is 11.8. The van der Waals surface area contributed by atoms with Gasteiger partial charge in [-0.15, -0.1) is 0 Å². The maximum atomic E-state index is 12.7. The number of carbonyl (C=O) groups excluding carboxylic acids is 3. The van der Waals surface area contributed by atoms with E-state index in [-0.39, 0.29) is 35.3 Å². The summed E-state index contributed by atoms with van der Waals surface area (Å²) in [6.45, 7) is 0. The van der Waals surface area contributed by atoms with E-state index in [9.17, 15) is 14.4 Å². The van der Waals surface area contributed by atoms with Crippen molar-refractivity contribution in [1.82, 2.24) is 0 Å². The fraction of sp³-hybridized carbons (Fsp3) is 0.312. The molecule has 4 atom stereocenters. The first-order chi connectivity index (χ1) is 10.6. The number of anilines is 1. The smallest absolute Gasteiger partial charge is 0.339 e. The Hall–Kier alpha value is -2.47. The minimum absolute atomic E-state index is 0.202. The molecule has 3 aliphatic heterocycles. The Balaban J connectivity index is 1.78. The summed E-state index contributed by atoms with van der Waals surface area (Å²) in [5.74, 6) is -2.20. The number of carbonyl (C=O) groups is 3. The molecule has 6 nitrogen and oxygen atoms in total. The summed E-state index contributed by atoms with van der Waals surface area (Å²) in [6.07, 6.45) is 2.96. The van der Waals surface area contributed by atoms with Gasteiger partial charge in [-0.1, -0.05) is 24.3 Å². The van der Waals surface area contributed by atoms with E-state index < -0.39 is 17.8 Å². The highest BCUT2D eigenvalue weighted by Gasteiger charge is 2.61. The molecular formula is C16H13NO5. The van der Waals surface area contributed by atoms with Gasteiger partial charge in [-0.25, -0.2) is 9.69 Å². The molecule has 0 aromatic heterocycles. The average Bonchev–Trinajstić information content (AvgIpc) is 3.21. The van der Waals surface area contributed by atoms with Crippen molar-refractivity contribution < 1.29 is 23.9 Å². The van der Waals surface area contributed by atoms with Gasteiger partial charge < -0.3 is 9.47 Å². The van der Waals surface area contributed by atoms with Crippen molar-refractivity contribution >= 4 is 23.5 Å². The van der Waals surface area contributed by atoms with Gasteiger partial charge in [0.2, 0.25) is 11.8 Å². The lowest BCUT2D eigenvalue weighted by Crippen LogP contribution is -2.35. The second-order valence-electron chi connectivity index (χ2n) is 5.52. The first-order valence-corrected chi connectivity index (χ1v) is 7.02. The number of rotatable bonds is 2. The van der Waals surface area contributed by atoms with Crippen molar-refractivity contribution in [2.75, 3.05) is 12.0 Å². The van der Waals surface area contributed by atoms with Crippen molar-refractivity contribution in [1.29, 1.82) is 0 Å². The second-order valence-corrected chi connectivity index (χ2v) is 5.52. The number of benzene rings is 1. The fourth-order valence-electron chi connectivity index (χ4n) is 3.49. The molecule has 1 aromatic carbocycles. The Morgan fingerprint density at radius 1 is 1.09 bits per heavy atom. The number of nitrogens with zero attached hydrogens (tertiary/aromatic N) is 1. The first kappa shape index (κ1) is 13.2. The molecule has 6 heteroatoms. The van der Waals surface area contributed by atoms with Crippen molar-refractivity contribution in [2.24, 2.45) is 11.8 Å². The summed E-state index contributed by atoms with van der Waals surface area (Å²) in [6, 6.07) is 6.47. The zero-order chi connectivity index (χ0) is 15.4. The monoisotopic (exact) mass is 299 g/mol. The van der Waals surface area contributed by atoms with Crippen LogP contribution in [0, 0.1) is 11.8 Å². The molecule has 1 aromatic rings. The van der Waals surface area contributed by atoms with Crippen LogP contribution in [0.15, 0.2) is 36.4 Å². The molecule has 0 spiro atoms. The van der Waals surface area contributed by atoms with Gasteiger partial charge in [0, 0.05) is 0 Å². The molecule has 0 aliphatic carbocycles. The van der Waals surface area contributed by atoms with Crippen LogP contribution in [0.5, 0.6) is 0 Å². The van der Waals surface area contributed by atoms with E-state index >= 15 is 0 Å². The molecule has 112 valence electrons. The third-order valence-corrected chi connectivity index (χ3v) is 4.46. The van der Waals surface area contributed by atoms with Crippen LogP contribution in [-0.2, 0) is 19.1 Å². The van der Waals surface area contributed by atoms with Crippen LogP contribution in [-0.4, -0.2) is 37.1 Å². The summed E-state index contributed by atoms with van der Waals surface area (Å²) in [4.78, 5) is 38.4. The van der Waals surface area contributed by atoms with E-state index in [1.165, 1.54) is 7.11 Å². The van der Waals surface area contributed by atoms with Crippen LogP contribution >= 0.6 is 0 Å². The Morgan fingerprint density at radius 3 is 2.27 bits per heavy atom. The number of para-hydroxylation sites is 1. The topological polar surface area (TPSA) is 72.9 Å². The lowest BCUT2D eigenvalue weighted by Gasteiger charge is -2.19. The van der Waals surface area contributed by atoms with Crippen molar-refractivity contribution in [3.8, 4) is 0 Å². The molecule has 0 saturated carbocycles. The third-order valence-electron chi connectivity index (χ3n) is 4.46. The van der Waals surface area contributed by atoms with E-state index in [1.807, 2.05) is 12.2 Å². The number of hydrogen-bond acceptors (Lipinski definition) is 5. The maximum Gasteiger partial charge on any atom is 0.339 e. The van der Waals surface area contributed by atoms with Crippen LogP contribution in [0.2, 0.25) is 0 Å². The molecule has 0 radical (unpaired) electrons. The molecular weight excluding hydrogens is 286 g/mol. The Morgan fingerprint density at radius 2 is 1.68 bits per heavy atom. The highest BCUT2D eigenvalue weighted by molar-refractivity contribution is 6.24. The number of fused-ring (bicyclic) bond motifs is 5. The molecule has 2 amide bonds. The Kier molecular flexibility index (Phi) is 2.71. The number of methoxy groups -OCH3 is 1. The van der Waals surface area contributed by atoms with Gasteiger partial charge in [-0.2, -0.15) is 0 Å². The van der Waals surface area contributed by atoms with E-state index in [2.05, 4.69) is 0 Å². The third kappa shape index (κ3) is 1.55. The summed E-state index contributed by atoms with van der Waals surface area (Å²) in [5, 5.41) is 0. The molecule has 2 saturated heterocycles. The predicted molar refractivity (Wildman–Crippen MR) is 75.1 cm³/mol. The second kappa shape index (κ2) is 4.51. The predicted octanol–water partition coefficient (Wildman–Crippen LogP) is 0.916. The lowest BCUT2D eigenvalue weighted by molar-refractivity contribution is -0.124. The SMILES string of the molecule is COC(=O)c1ccccc1N1C(=O)[C@@H]2[C@@H](C1=O)[C@@H]1C=C[C@@H]2O1. The van der Waals surface area contributed by atoms with Crippen LogP contribution in [0.1, 0.15) is 10.4 Å². The van der Waals surface area contributed by atoms with Gasteiger partial charge >= 0.3 is 5.97 Å². The highest BCUT2D eigenvalue weighted by atomic mass is 16.5. The highest BCUT2D eigenvalue weighted by Crippen LogP contribution is 2.46. The van der Waals surface area contributed by atoms with Crippen LogP contribution in [0.4, 0.5) is 5.69 Å².